The molecule has 1 fully saturated rings. The molecule has 1 aromatic heterocycles. The Morgan fingerprint density at radius 1 is 1.50 bits per heavy atom. The van der Waals surface area contributed by atoms with Crippen molar-refractivity contribution < 1.29 is 4.74 Å². The molecule has 1 atom stereocenters. The number of nitrogens with zero attached hydrogens (tertiary/aromatic N) is 3. The topological polar surface area (TPSA) is 38.2 Å². The molecule has 4 nitrogen and oxygen atoms in total. The van der Waals surface area contributed by atoms with Gasteiger partial charge in [-0.25, -0.2) is 0 Å². The fourth-order valence-electron chi connectivity index (χ4n) is 1.87. The largest absolute Gasteiger partial charge is 0.377 e. The molecule has 0 aromatic carbocycles. The van der Waals surface area contributed by atoms with E-state index in [1.807, 2.05) is 12.1 Å². The van der Waals surface area contributed by atoms with E-state index in [2.05, 4.69) is 22.0 Å². The number of rotatable bonds is 3. The lowest BCUT2D eigenvalue weighted by atomic mass is 10.2. The third kappa shape index (κ3) is 2.44. The SMILES string of the molecule is CCC1COCCN1c1ccc(CCl)nn1. The Kier molecular flexibility index (Phi) is 3.96. The standard InChI is InChI=1S/C11H16ClN3O/c1-2-10-8-16-6-5-15(10)11-4-3-9(7-12)13-14-11/h3-4,10H,2,5-8H2,1H3. The quantitative estimate of drug-likeness (QED) is 0.757. The van der Waals surface area contributed by atoms with Gasteiger partial charge < -0.3 is 9.64 Å². The highest BCUT2D eigenvalue weighted by atomic mass is 35.5. The van der Waals surface area contributed by atoms with Crippen molar-refractivity contribution in [1.29, 1.82) is 0 Å². The molecule has 0 amide bonds. The van der Waals surface area contributed by atoms with Gasteiger partial charge in [-0.15, -0.1) is 16.7 Å². The van der Waals surface area contributed by atoms with Gasteiger partial charge in [-0.2, -0.15) is 5.10 Å². The predicted molar refractivity (Wildman–Crippen MR) is 63.8 cm³/mol. The highest BCUT2D eigenvalue weighted by Gasteiger charge is 2.22. The lowest BCUT2D eigenvalue weighted by molar-refractivity contribution is 0.0925. The summed E-state index contributed by atoms with van der Waals surface area (Å²) in [7, 11) is 0. The molecular weight excluding hydrogens is 226 g/mol. The van der Waals surface area contributed by atoms with E-state index in [-0.39, 0.29) is 0 Å². The average Bonchev–Trinajstić information content (AvgIpc) is 2.39. The van der Waals surface area contributed by atoms with Gasteiger partial charge in [0.2, 0.25) is 0 Å². The molecule has 16 heavy (non-hydrogen) atoms. The third-order valence-corrected chi connectivity index (χ3v) is 3.11. The molecule has 2 rings (SSSR count). The maximum Gasteiger partial charge on any atom is 0.151 e. The van der Waals surface area contributed by atoms with E-state index >= 15 is 0 Å². The Morgan fingerprint density at radius 2 is 2.38 bits per heavy atom. The molecule has 0 N–H and O–H groups in total. The van der Waals surface area contributed by atoms with Crippen molar-refractivity contribution in [2.75, 3.05) is 24.7 Å². The first-order valence-corrected chi connectivity index (χ1v) is 6.11. The van der Waals surface area contributed by atoms with Crippen LogP contribution < -0.4 is 4.90 Å². The Morgan fingerprint density at radius 3 is 3.00 bits per heavy atom. The van der Waals surface area contributed by atoms with Gasteiger partial charge in [0.1, 0.15) is 0 Å². The van der Waals surface area contributed by atoms with Gasteiger partial charge in [0, 0.05) is 6.54 Å². The highest BCUT2D eigenvalue weighted by Crippen LogP contribution is 2.18. The molecule has 2 heterocycles. The average molecular weight is 242 g/mol. The molecule has 5 heteroatoms. The number of anilines is 1. The summed E-state index contributed by atoms with van der Waals surface area (Å²) in [5.41, 5.74) is 0.812. The van der Waals surface area contributed by atoms with Gasteiger partial charge >= 0.3 is 0 Å². The molecule has 88 valence electrons. The number of ether oxygens (including phenoxy) is 1. The monoisotopic (exact) mass is 241 g/mol. The first-order valence-electron chi connectivity index (χ1n) is 5.58. The normalized spacial score (nSPS) is 21.1. The van der Waals surface area contributed by atoms with Gasteiger partial charge in [0.15, 0.2) is 5.82 Å². The minimum absolute atomic E-state index is 0.407. The molecule has 0 saturated carbocycles. The van der Waals surface area contributed by atoms with E-state index in [0.29, 0.717) is 11.9 Å². The molecule has 0 aliphatic carbocycles. The van der Waals surface area contributed by atoms with Crippen LogP contribution in [0.15, 0.2) is 12.1 Å². The molecule has 1 unspecified atom stereocenters. The van der Waals surface area contributed by atoms with Gasteiger partial charge in [-0.05, 0) is 18.6 Å². The van der Waals surface area contributed by atoms with E-state index in [1.165, 1.54) is 0 Å². The van der Waals surface area contributed by atoms with Crippen molar-refractivity contribution in [2.45, 2.75) is 25.3 Å². The van der Waals surface area contributed by atoms with Gasteiger partial charge in [-0.3, -0.25) is 0 Å². The zero-order valence-electron chi connectivity index (χ0n) is 9.40. The number of aromatic nitrogens is 2. The third-order valence-electron chi connectivity index (χ3n) is 2.84. The molecule has 1 aromatic rings. The Labute approximate surface area is 101 Å². The smallest absolute Gasteiger partial charge is 0.151 e. The molecule has 0 bridgehead atoms. The van der Waals surface area contributed by atoms with E-state index in [9.17, 15) is 0 Å². The fraction of sp³-hybridized carbons (Fsp3) is 0.636. The summed E-state index contributed by atoms with van der Waals surface area (Å²) < 4.78 is 5.46. The Hall–Kier alpha value is -0.870. The van der Waals surface area contributed by atoms with Crippen LogP contribution in [0.2, 0.25) is 0 Å². The highest BCUT2D eigenvalue weighted by molar-refractivity contribution is 6.16. The summed E-state index contributed by atoms with van der Waals surface area (Å²) in [6.07, 6.45) is 1.05. The summed E-state index contributed by atoms with van der Waals surface area (Å²) in [6.45, 7) is 4.57. The zero-order valence-corrected chi connectivity index (χ0v) is 10.2. The fourth-order valence-corrected chi connectivity index (χ4v) is 2.01. The van der Waals surface area contributed by atoms with Crippen LogP contribution in [-0.2, 0) is 10.6 Å². The van der Waals surface area contributed by atoms with Crippen molar-refractivity contribution in [3.05, 3.63) is 17.8 Å². The number of alkyl halides is 1. The Bertz CT molecular complexity index is 331. The molecular formula is C11H16ClN3O. The van der Waals surface area contributed by atoms with Crippen LogP contribution in [0.25, 0.3) is 0 Å². The lowest BCUT2D eigenvalue weighted by Crippen LogP contribution is -2.45. The van der Waals surface area contributed by atoms with E-state index in [0.717, 1.165) is 37.7 Å². The molecule has 1 saturated heterocycles. The number of halogens is 1. The summed E-state index contributed by atoms with van der Waals surface area (Å²) in [4.78, 5) is 2.26. The van der Waals surface area contributed by atoms with Crippen molar-refractivity contribution in [3.8, 4) is 0 Å². The minimum Gasteiger partial charge on any atom is -0.377 e. The molecule has 1 aliphatic rings. The van der Waals surface area contributed by atoms with Crippen LogP contribution in [-0.4, -0.2) is 36.0 Å². The van der Waals surface area contributed by atoms with Gasteiger partial charge in [0.25, 0.3) is 0 Å². The molecule has 0 radical (unpaired) electrons. The molecule has 0 spiro atoms. The van der Waals surface area contributed by atoms with Crippen molar-refractivity contribution in [1.82, 2.24) is 10.2 Å². The molecule has 1 aliphatic heterocycles. The van der Waals surface area contributed by atoms with Crippen LogP contribution >= 0.6 is 11.6 Å². The maximum absolute atomic E-state index is 5.68. The van der Waals surface area contributed by atoms with Crippen molar-refractivity contribution in [2.24, 2.45) is 0 Å². The van der Waals surface area contributed by atoms with E-state index < -0.39 is 0 Å². The van der Waals surface area contributed by atoms with Gasteiger partial charge in [0.05, 0.1) is 30.8 Å². The first kappa shape index (κ1) is 11.6. The second kappa shape index (κ2) is 5.46. The maximum atomic E-state index is 5.68. The second-order valence-electron chi connectivity index (χ2n) is 3.85. The lowest BCUT2D eigenvalue weighted by Gasteiger charge is -2.35. The summed E-state index contributed by atoms with van der Waals surface area (Å²) in [5, 5.41) is 8.28. The zero-order chi connectivity index (χ0) is 11.4. The van der Waals surface area contributed by atoms with Crippen LogP contribution in [0.4, 0.5) is 5.82 Å². The Balaban J connectivity index is 2.14. The van der Waals surface area contributed by atoms with E-state index in [4.69, 9.17) is 16.3 Å². The predicted octanol–water partition coefficient (Wildman–Crippen LogP) is 1.83. The summed E-state index contributed by atoms with van der Waals surface area (Å²) in [6, 6.07) is 4.32. The van der Waals surface area contributed by atoms with Crippen molar-refractivity contribution >= 4 is 17.4 Å². The van der Waals surface area contributed by atoms with Crippen LogP contribution in [0.1, 0.15) is 19.0 Å². The second-order valence-corrected chi connectivity index (χ2v) is 4.11. The van der Waals surface area contributed by atoms with Crippen LogP contribution in [0.3, 0.4) is 0 Å². The minimum atomic E-state index is 0.407. The number of morpholine rings is 1. The van der Waals surface area contributed by atoms with Crippen LogP contribution in [0.5, 0.6) is 0 Å². The summed E-state index contributed by atoms with van der Waals surface area (Å²) in [5.74, 6) is 1.33. The number of hydrogen-bond acceptors (Lipinski definition) is 4. The van der Waals surface area contributed by atoms with Gasteiger partial charge in [-0.1, -0.05) is 6.92 Å². The van der Waals surface area contributed by atoms with Crippen LogP contribution in [0, 0.1) is 0 Å². The van der Waals surface area contributed by atoms with E-state index in [1.54, 1.807) is 0 Å². The first-order chi connectivity index (χ1) is 7.85. The van der Waals surface area contributed by atoms with Crippen molar-refractivity contribution in [3.63, 3.8) is 0 Å². The number of hydrogen-bond donors (Lipinski definition) is 0. The summed E-state index contributed by atoms with van der Waals surface area (Å²) >= 11 is 5.68.